The van der Waals surface area contributed by atoms with Crippen molar-refractivity contribution < 1.29 is 13.2 Å². The molecule has 0 unspecified atom stereocenters. The molecule has 1 heterocycles. The van der Waals surface area contributed by atoms with Crippen LogP contribution in [-0.2, 0) is 18.8 Å². The highest BCUT2D eigenvalue weighted by Crippen LogP contribution is 2.28. The minimum absolute atomic E-state index is 0.430. The molecule has 1 aromatic carbocycles. The zero-order valence-electron chi connectivity index (χ0n) is 12.6. The standard InChI is InChI=1S/C15H14ClF3N2O2/c1-14(2,9-4-6-10(16)7-5-9)21-12(22)8-11(15(17,18)19)20(3)13(21)23/h4-8H,1-3H3. The number of halogens is 4. The van der Waals surface area contributed by atoms with Crippen molar-refractivity contribution in [1.82, 2.24) is 9.13 Å². The molecule has 0 spiro atoms. The molecule has 0 saturated carbocycles. The molecule has 0 aliphatic heterocycles. The second-order valence-corrected chi connectivity index (χ2v) is 6.04. The van der Waals surface area contributed by atoms with E-state index in [2.05, 4.69) is 0 Å². The molecule has 0 atom stereocenters. The number of hydrogen-bond acceptors (Lipinski definition) is 2. The first-order chi connectivity index (χ1) is 10.5. The van der Waals surface area contributed by atoms with Crippen LogP contribution >= 0.6 is 11.6 Å². The largest absolute Gasteiger partial charge is 0.431 e. The maximum Gasteiger partial charge on any atom is 0.431 e. The van der Waals surface area contributed by atoms with E-state index in [4.69, 9.17) is 11.6 Å². The number of nitrogens with zero attached hydrogens (tertiary/aromatic N) is 2. The van der Waals surface area contributed by atoms with Crippen molar-refractivity contribution in [3.8, 4) is 0 Å². The van der Waals surface area contributed by atoms with Gasteiger partial charge < -0.3 is 0 Å². The highest BCUT2D eigenvalue weighted by atomic mass is 35.5. The number of aromatic nitrogens is 2. The highest BCUT2D eigenvalue weighted by molar-refractivity contribution is 6.30. The predicted molar refractivity (Wildman–Crippen MR) is 80.8 cm³/mol. The summed E-state index contributed by atoms with van der Waals surface area (Å²) in [5, 5.41) is 0.470. The normalized spacial score (nSPS) is 12.5. The zero-order chi connectivity index (χ0) is 17.6. The maximum atomic E-state index is 12.9. The predicted octanol–water partition coefficient (Wildman–Crippen LogP) is 3.00. The molecule has 124 valence electrons. The molecule has 2 rings (SSSR count). The zero-order valence-corrected chi connectivity index (χ0v) is 13.4. The molecule has 0 aliphatic rings. The summed E-state index contributed by atoms with van der Waals surface area (Å²) in [7, 11) is 0.985. The first-order valence-electron chi connectivity index (χ1n) is 6.63. The van der Waals surface area contributed by atoms with E-state index in [0.717, 1.165) is 11.6 Å². The molecular weight excluding hydrogens is 333 g/mol. The van der Waals surface area contributed by atoms with E-state index in [-0.39, 0.29) is 0 Å². The Morgan fingerprint density at radius 3 is 2.04 bits per heavy atom. The van der Waals surface area contributed by atoms with E-state index in [1.165, 1.54) is 0 Å². The van der Waals surface area contributed by atoms with E-state index in [1.807, 2.05) is 0 Å². The quantitative estimate of drug-likeness (QED) is 0.839. The second kappa shape index (κ2) is 5.56. The molecule has 0 radical (unpaired) electrons. The van der Waals surface area contributed by atoms with Gasteiger partial charge in [0.2, 0.25) is 0 Å². The molecule has 2 aromatic rings. The molecule has 0 N–H and O–H groups in total. The van der Waals surface area contributed by atoms with Gasteiger partial charge in [0.15, 0.2) is 0 Å². The van der Waals surface area contributed by atoms with Gasteiger partial charge in [-0.15, -0.1) is 0 Å². The first kappa shape index (κ1) is 17.3. The summed E-state index contributed by atoms with van der Waals surface area (Å²) in [6.45, 7) is 3.15. The second-order valence-electron chi connectivity index (χ2n) is 5.61. The number of benzene rings is 1. The third kappa shape index (κ3) is 3.06. The lowest BCUT2D eigenvalue weighted by Gasteiger charge is -2.28. The van der Waals surface area contributed by atoms with Gasteiger partial charge in [0, 0.05) is 18.1 Å². The maximum absolute atomic E-state index is 12.9. The summed E-state index contributed by atoms with van der Waals surface area (Å²) in [5.74, 6) is 0. The smallest absolute Gasteiger partial charge is 0.292 e. The average molecular weight is 347 g/mol. The van der Waals surface area contributed by atoms with Crippen molar-refractivity contribution in [3.63, 3.8) is 0 Å². The molecule has 0 bridgehead atoms. The summed E-state index contributed by atoms with van der Waals surface area (Å²) in [4.78, 5) is 24.5. The third-order valence-corrected chi connectivity index (χ3v) is 3.97. The fourth-order valence-corrected chi connectivity index (χ4v) is 2.53. The Labute approximate surface area is 134 Å². The van der Waals surface area contributed by atoms with Gasteiger partial charge in [-0.2, -0.15) is 13.2 Å². The van der Waals surface area contributed by atoms with Gasteiger partial charge in [0.25, 0.3) is 5.56 Å². The molecule has 1 aromatic heterocycles. The minimum Gasteiger partial charge on any atom is -0.292 e. The fourth-order valence-electron chi connectivity index (χ4n) is 2.40. The van der Waals surface area contributed by atoms with Crippen LogP contribution in [0.25, 0.3) is 0 Å². The lowest BCUT2D eigenvalue weighted by atomic mass is 9.94. The van der Waals surface area contributed by atoms with Crippen LogP contribution in [0.1, 0.15) is 25.1 Å². The van der Waals surface area contributed by atoms with Gasteiger partial charge in [0.05, 0.1) is 5.54 Å². The van der Waals surface area contributed by atoms with Crippen LogP contribution in [0.3, 0.4) is 0 Å². The van der Waals surface area contributed by atoms with Crippen LogP contribution in [0.2, 0.25) is 5.02 Å². The molecule has 0 amide bonds. The van der Waals surface area contributed by atoms with Crippen molar-refractivity contribution in [2.75, 3.05) is 0 Å². The van der Waals surface area contributed by atoms with Crippen molar-refractivity contribution >= 4 is 11.6 Å². The van der Waals surface area contributed by atoms with Gasteiger partial charge in [-0.25, -0.2) is 4.79 Å². The Morgan fingerprint density at radius 1 is 1.04 bits per heavy atom. The van der Waals surface area contributed by atoms with Crippen molar-refractivity contribution in [3.05, 3.63) is 67.4 Å². The summed E-state index contributed by atoms with van der Waals surface area (Å²) >= 11 is 5.81. The Kier molecular flexibility index (Phi) is 4.19. The summed E-state index contributed by atoms with van der Waals surface area (Å²) in [6, 6.07) is 6.83. The van der Waals surface area contributed by atoms with E-state index in [1.54, 1.807) is 38.1 Å². The average Bonchev–Trinajstić information content (AvgIpc) is 2.42. The molecular formula is C15H14ClF3N2O2. The highest BCUT2D eigenvalue weighted by Gasteiger charge is 2.36. The summed E-state index contributed by atoms with van der Waals surface area (Å²) in [6.07, 6.45) is -4.78. The van der Waals surface area contributed by atoms with Crippen LogP contribution in [-0.4, -0.2) is 9.13 Å². The molecule has 0 fully saturated rings. The molecule has 0 aliphatic carbocycles. The lowest BCUT2D eigenvalue weighted by Crippen LogP contribution is -2.50. The number of rotatable bonds is 2. The van der Waals surface area contributed by atoms with E-state index >= 15 is 0 Å². The van der Waals surface area contributed by atoms with Crippen LogP contribution < -0.4 is 11.2 Å². The molecule has 23 heavy (non-hydrogen) atoms. The van der Waals surface area contributed by atoms with E-state index < -0.39 is 28.7 Å². The van der Waals surface area contributed by atoms with Gasteiger partial charge in [-0.1, -0.05) is 23.7 Å². The van der Waals surface area contributed by atoms with Gasteiger partial charge in [-0.05, 0) is 31.5 Å². The van der Waals surface area contributed by atoms with Crippen molar-refractivity contribution in [2.45, 2.75) is 25.6 Å². The Morgan fingerprint density at radius 2 is 1.57 bits per heavy atom. The van der Waals surface area contributed by atoms with E-state index in [0.29, 0.717) is 21.2 Å². The van der Waals surface area contributed by atoms with Crippen molar-refractivity contribution in [2.24, 2.45) is 7.05 Å². The minimum atomic E-state index is -4.78. The Hall–Kier alpha value is -2.02. The van der Waals surface area contributed by atoms with Crippen molar-refractivity contribution in [1.29, 1.82) is 0 Å². The fraction of sp³-hybridized carbons (Fsp3) is 0.333. The summed E-state index contributed by atoms with van der Waals surface area (Å²) < 4.78 is 39.9. The number of hydrogen-bond donors (Lipinski definition) is 0. The summed E-state index contributed by atoms with van der Waals surface area (Å²) in [5.41, 5.74) is -3.90. The van der Waals surface area contributed by atoms with Gasteiger partial charge in [0.1, 0.15) is 5.69 Å². The molecule has 0 saturated heterocycles. The monoisotopic (exact) mass is 346 g/mol. The third-order valence-electron chi connectivity index (χ3n) is 3.72. The first-order valence-corrected chi connectivity index (χ1v) is 7.01. The van der Waals surface area contributed by atoms with Crippen LogP contribution in [0, 0.1) is 0 Å². The van der Waals surface area contributed by atoms with E-state index in [9.17, 15) is 22.8 Å². The Balaban J connectivity index is 2.74. The lowest BCUT2D eigenvalue weighted by molar-refractivity contribution is -0.144. The number of alkyl halides is 3. The Bertz CT molecular complexity index is 849. The van der Waals surface area contributed by atoms with Crippen LogP contribution in [0.15, 0.2) is 39.9 Å². The van der Waals surface area contributed by atoms with Crippen LogP contribution in [0.5, 0.6) is 0 Å². The molecule has 4 nitrogen and oxygen atoms in total. The van der Waals surface area contributed by atoms with Gasteiger partial charge >= 0.3 is 11.9 Å². The van der Waals surface area contributed by atoms with Gasteiger partial charge in [-0.3, -0.25) is 13.9 Å². The SMILES string of the molecule is Cn1c(C(F)(F)F)cc(=O)n(C(C)(C)c2ccc(Cl)cc2)c1=O. The topological polar surface area (TPSA) is 44.0 Å². The van der Waals surface area contributed by atoms with Crippen LogP contribution in [0.4, 0.5) is 13.2 Å². The molecule has 8 heteroatoms.